The Morgan fingerprint density at radius 1 is 1.35 bits per heavy atom. The van der Waals surface area contributed by atoms with Crippen molar-refractivity contribution in [3.8, 4) is 0 Å². The van der Waals surface area contributed by atoms with E-state index in [4.69, 9.17) is 17.3 Å². The molecule has 0 spiro atoms. The van der Waals surface area contributed by atoms with Crippen LogP contribution in [0.25, 0.3) is 11.0 Å². The second-order valence-corrected chi connectivity index (χ2v) is 4.38. The Morgan fingerprint density at radius 2 is 2.00 bits per heavy atom. The zero-order valence-electron chi connectivity index (χ0n) is 8.77. The maximum Gasteiger partial charge on any atom is 0.413 e. The molecule has 0 bridgehead atoms. The summed E-state index contributed by atoms with van der Waals surface area (Å²) in [6.07, 6.45) is -4.58. The van der Waals surface area contributed by atoms with Gasteiger partial charge in [0.25, 0.3) is 0 Å². The van der Waals surface area contributed by atoms with Gasteiger partial charge in [0, 0.05) is 5.02 Å². The maximum absolute atomic E-state index is 12.7. The molecule has 0 radical (unpaired) electrons. The number of hydrogen-bond donors (Lipinski definition) is 2. The fourth-order valence-electron chi connectivity index (χ4n) is 1.36. The highest BCUT2D eigenvalue weighted by Crippen LogP contribution is 2.35. The second-order valence-electron chi connectivity index (χ2n) is 3.95. The highest BCUT2D eigenvalue weighted by molar-refractivity contribution is 6.31. The lowest BCUT2D eigenvalue weighted by molar-refractivity contribution is -0.186. The summed E-state index contributed by atoms with van der Waals surface area (Å²) in [5.74, 6) is -0.331. The summed E-state index contributed by atoms with van der Waals surface area (Å²) in [4.78, 5) is 6.38. The normalized spacial score (nSPS) is 16.1. The van der Waals surface area contributed by atoms with Crippen molar-refractivity contribution in [2.45, 2.75) is 18.6 Å². The molecular formula is C10H9ClF3N3. The Morgan fingerprint density at radius 3 is 2.59 bits per heavy atom. The molecule has 0 saturated heterocycles. The van der Waals surface area contributed by atoms with E-state index in [1.54, 1.807) is 6.07 Å². The summed E-state index contributed by atoms with van der Waals surface area (Å²) < 4.78 is 38.1. The number of alkyl halides is 3. The number of nitrogens with two attached hydrogens (primary N) is 1. The molecule has 1 aromatic heterocycles. The number of nitrogens with one attached hydrogen (secondary N) is 1. The van der Waals surface area contributed by atoms with E-state index in [1.807, 2.05) is 0 Å². The van der Waals surface area contributed by atoms with E-state index in [0.717, 1.165) is 6.92 Å². The molecular weight excluding hydrogens is 255 g/mol. The van der Waals surface area contributed by atoms with Crippen LogP contribution in [0.15, 0.2) is 18.2 Å². The largest absolute Gasteiger partial charge is 0.413 e. The number of hydrogen-bond acceptors (Lipinski definition) is 2. The Balaban J connectivity index is 2.57. The molecule has 7 heteroatoms. The molecule has 2 aromatic rings. The molecule has 0 aliphatic carbocycles. The van der Waals surface area contributed by atoms with Crippen LogP contribution < -0.4 is 5.73 Å². The summed E-state index contributed by atoms with van der Waals surface area (Å²) in [6.45, 7) is 0.867. The molecule has 0 fully saturated rings. The van der Waals surface area contributed by atoms with Crippen LogP contribution in [-0.4, -0.2) is 16.1 Å². The third kappa shape index (κ3) is 1.98. The van der Waals surface area contributed by atoms with Crippen LogP contribution >= 0.6 is 11.6 Å². The monoisotopic (exact) mass is 263 g/mol. The quantitative estimate of drug-likeness (QED) is 0.831. The van der Waals surface area contributed by atoms with Gasteiger partial charge in [0.2, 0.25) is 0 Å². The fraction of sp³-hybridized carbons (Fsp3) is 0.300. The zero-order valence-corrected chi connectivity index (χ0v) is 9.52. The smallest absolute Gasteiger partial charge is 0.340 e. The number of rotatable bonds is 1. The minimum absolute atomic E-state index is 0.331. The number of imidazole rings is 1. The summed E-state index contributed by atoms with van der Waals surface area (Å²) in [5, 5.41) is 0.415. The van der Waals surface area contributed by atoms with Gasteiger partial charge in [-0.1, -0.05) is 11.6 Å². The fourth-order valence-corrected chi connectivity index (χ4v) is 1.53. The number of aromatic amines is 1. The van der Waals surface area contributed by atoms with Crippen LogP contribution in [0.5, 0.6) is 0 Å². The molecule has 1 atom stereocenters. The number of fused-ring (bicyclic) bond motifs is 1. The van der Waals surface area contributed by atoms with E-state index in [0.29, 0.717) is 16.1 Å². The first kappa shape index (κ1) is 12.2. The van der Waals surface area contributed by atoms with Gasteiger partial charge in [-0.2, -0.15) is 13.2 Å². The highest BCUT2D eigenvalue weighted by atomic mass is 35.5. The van der Waals surface area contributed by atoms with Gasteiger partial charge in [-0.05, 0) is 25.1 Å². The molecule has 17 heavy (non-hydrogen) atoms. The first-order valence-electron chi connectivity index (χ1n) is 4.73. The molecule has 92 valence electrons. The van der Waals surface area contributed by atoms with Crippen LogP contribution in [0.3, 0.4) is 0 Å². The lowest BCUT2D eigenvalue weighted by Crippen LogP contribution is -2.48. The first-order chi connectivity index (χ1) is 7.72. The summed E-state index contributed by atoms with van der Waals surface area (Å²) >= 11 is 5.73. The summed E-state index contributed by atoms with van der Waals surface area (Å²) in [6, 6.07) is 4.58. The van der Waals surface area contributed by atoms with Gasteiger partial charge < -0.3 is 10.7 Å². The van der Waals surface area contributed by atoms with Crippen molar-refractivity contribution in [1.29, 1.82) is 0 Å². The van der Waals surface area contributed by atoms with E-state index >= 15 is 0 Å². The molecule has 1 aromatic carbocycles. The number of H-pyrrole nitrogens is 1. The van der Waals surface area contributed by atoms with E-state index < -0.39 is 11.7 Å². The molecule has 0 saturated carbocycles. The number of halogens is 4. The standard InChI is InChI=1S/C10H9ClF3N3/c1-9(15,10(12,13)14)8-16-6-3-2-5(11)4-7(6)17-8/h2-4H,15H2,1H3,(H,16,17). The third-order valence-electron chi connectivity index (χ3n) is 2.52. The first-order valence-corrected chi connectivity index (χ1v) is 5.11. The minimum Gasteiger partial charge on any atom is -0.340 e. The number of nitrogens with zero attached hydrogens (tertiary/aromatic N) is 1. The van der Waals surface area contributed by atoms with Gasteiger partial charge in [-0.15, -0.1) is 0 Å². The van der Waals surface area contributed by atoms with Crippen LogP contribution in [0.2, 0.25) is 5.02 Å². The number of aromatic nitrogens is 2. The van der Waals surface area contributed by atoms with E-state index in [2.05, 4.69) is 9.97 Å². The zero-order chi connectivity index (χ0) is 12.8. The van der Waals surface area contributed by atoms with Crippen LogP contribution in [0, 0.1) is 0 Å². The maximum atomic E-state index is 12.7. The average Bonchev–Trinajstić information content (AvgIpc) is 2.58. The van der Waals surface area contributed by atoms with E-state index in [9.17, 15) is 13.2 Å². The molecule has 1 unspecified atom stereocenters. The second kappa shape index (κ2) is 3.61. The van der Waals surface area contributed by atoms with Gasteiger partial charge in [0.05, 0.1) is 11.0 Å². The van der Waals surface area contributed by atoms with Crippen LogP contribution in [0.4, 0.5) is 13.2 Å². The predicted octanol–water partition coefficient (Wildman–Crippen LogP) is 2.95. The molecule has 0 amide bonds. The average molecular weight is 264 g/mol. The molecule has 2 rings (SSSR count). The third-order valence-corrected chi connectivity index (χ3v) is 2.76. The molecule has 0 aliphatic heterocycles. The van der Waals surface area contributed by atoms with E-state index in [1.165, 1.54) is 12.1 Å². The van der Waals surface area contributed by atoms with Crippen molar-refractivity contribution >= 4 is 22.6 Å². The van der Waals surface area contributed by atoms with Crippen molar-refractivity contribution in [3.05, 3.63) is 29.0 Å². The Bertz CT molecular complexity index is 559. The summed E-state index contributed by atoms with van der Waals surface area (Å²) in [5.41, 5.74) is 3.57. The van der Waals surface area contributed by atoms with Crippen LogP contribution in [-0.2, 0) is 5.54 Å². The number of benzene rings is 1. The van der Waals surface area contributed by atoms with Crippen molar-refractivity contribution in [2.24, 2.45) is 5.73 Å². The van der Waals surface area contributed by atoms with Gasteiger partial charge >= 0.3 is 6.18 Å². The molecule has 1 heterocycles. The van der Waals surface area contributed by atoms with Crippen molar-refractivity contribution < 1.29 is 13.2 Å². The Hall–Kier alpha value is -1.27. The SMILES string of the molecule is CC(N)(c1nc2ccc(Cl)cc2[nH]1)C(F)(F)F. The lowest BCUT2D eigenvalue weighted by Gasteiger charge is -2.24. The van der Waals surface area contributed by atoms with Crippen molar-refractivity contribution in [1.82, 2.24) is 9.97 Å². The van der Waals surface area contributed by atoms with Gasteiger partial charge in [-0.25, -0.2) is 4.98 Å². The van der Waals surface area contributed by atoms with Gasteiger partial charge in [-0.3, -0.25) is 0 Å². The van der Waals surface area contributed by atoms with Crippen molar-refractivity contribution in [2.75, 3.05) is 0 Å². The highest BCUT2D eigenvalue weighted by Gasteiger charge is 2.51. The van der Waals surface area contributed by atoms with Crippen LogP contribution in [0.1, 0.15) is 12.7 Å². The predicted molar refractivity (Wildman–Crippen MR) is 58.7 cm³/mol. The molecule has 3 N–H and O–H groups in total. The Labute approximate surface area is 99.8 Å². The molecule has 0 aliphatic rings. The Kier molecular flexibility index (Phi) is 2.59. The molecule has 3 nitrogen and oxygen atoms in total. The topological polar surface area (TPSA) is 54.7 Å². The minimum atomic E-state index is -4.58. The lowest BCUT2D eigenvalue weighted by atomic mass is 10.0. The van der Waals surface area contributed by atoms with E-state index in [-0.39, 0.29) is 5.82 Å². The summed E-state index contributed by atoms with van der Waals surface area (Å²) in [7, 11) is 0. The van der Waals surface area contributed by atoms with Gasteiger partial charge in [0.15, 0.2) is 5.54 Å². The van der Waals surface area contributed by atoms with Crippen molar-refractivity contribution in [3.63, 3.8) is 0 Å². The van der Waals surface area contributed by atoms with Gasteiger partial charge in [0.1, 0.15) is 5.82 Å².